The van der Waals surface area contributed by atoms with Crippen LogP contribution in [-0.2, 0) is 55.4 Å². The number of benzene rings is 1. The quantitative estimate of drug-likeness (QED) is 0.114. The zero-order valence-corrected chi connectivity index (χ0v) is 53.7. The summed E-state index contributed by atoms with van der Waals surface area (Å²) in [7, 11) is 8.34. The average molecular weight is 1080 g/mol. The summed E-state index contributed by atoms with van der Waals surface area (Å²) in [6.45, 7) is 47.9. The van der Waals surface area contributed by atoms with Crippen LogP contribution in [0.15, 0.2) is 12.1 Å². The van der Waals surface area contributed by atoms with Crippen LogP contribution in [0.25, 0.3) is 0 Å². The lowest BCUT2D eigenvalue weighted by Gasteiger charge is -2.54. The molecule has 0 spiro atoms. The van der Waals surface area contributed by atoms with Gasteiger partial charge in [-0.2, -0.15) is 0 Å². The van der Waals surface area contributed by atoms with E-state index in [1.165, 1.54) is 0 Å². The highest BCUT2D eigenvalue weighted by Gasteiger charge is 2.63. The molecule has 77 heavy (non-hydrogen) atoms. The van der Waals surface area contributed by atoms with E-state index in [2.05, 4.69) is 159 Å². The van der Waals surface area contributed by atoms with Gasteiger partial charge in [-0.15, -0.1) is 0 Å². The summed E-state index contributed by atoms with van der Waals surface area (Å²) in [5.41, 5.74) is -7.04. The molecule has 0 aromatic heterocycles. The third-order valence-electron chi connectivity index (χ3n) is 20.2. The van der Waals surface area contributed by atoms with Gasteiger partial charge >= 0.3 is 23.9 Å². The molecular weight excluding hydrogens is 969 g/mol. The standard InChI is InChI=1S/C64H110N4O9/c1-28-63(49(70)74-42-32-55(8,9)65(24)56(10,11)33-42,50(71)75-43-34-57(12,13)66(25)58(14,15)35-43)40-64(51(72)76-44-36-59(16,17)67(26)60(18,19)37-44,52(73)77-45-38-61(20,21)68(27)62(22,23)39-45)31-41-29-46(53(2,3)4)48(69)47(30-41)54(5,6)7/h29-30,42-45,69H,28,31-40H2,1-27H3. The van der Waals surface area contributed by atoms with E-state index in [0.29, 0.717) is 68.1 Å². The Morgan fingerprint density at radius 1 is 0.442 bits per heavy atom. The predicted molar refractivity (Wildman–Crippen MR) is 309 cm³/mol. The second kappa shape index (κ2) is 20.9. The molecule has 0 aliphatic carbocycles. The van der Waals surface area contributed by atoms with Crippen LogP contribution in [-0.4, -0.2) is 146 Å². The van der Waals surface area contributed by atoms with E-state index in [-0.39, 0.29) is 40.7 Å². The highest BCUT2D eigenvalue weighted by molar-refractivity contribution is 6.05. The Hall–Kier alpha value is -3.26. The average Bonchev–Trinajstić information content (AvgIpc) is 3.23. The van der Waals surface area contributed by atoms with E-state index in [1.54, 1.807) is 6.92 Å². The fourth-order valence-electron chi connectivity index (χ4n) is 14.4. The first-order valence-electron chi connectivity index (χ1n) is 29.1. The first kappa shape index (κ1) is 64.6. The summed E-state index contributed by atoms with van der Waals surface area (Å²) in [6.07, 6.45) is 0.230. The van der Waals surface area contributed by atoms with E-state index in [9.17, 15) is 5.11 Å². The second-order valence-electron chi connectivity index (χ2n) is 31.9. The van der Waals surface area contributed by atoms with E-state index in [1.807, 2.05) is 53.7 Å². The Labute approximate surface area is 468 Å². The van der Waals surface area contributed by atoms with Crippen molar-refractivity contribution >= 4 is 23.9 Å². The van der Waals surface area contributed by atoms with Gasteiger partial charge in [0.15, 0.2) is 10.8 Å². The molecule has 5 rings (SSSR count). The molecule has 1 aromatic rings. The molecule has 4 saturated heterocycles. The van der Waals surface area contributed by atoms with E-state index in [4.69, 9.17) is 18.9 Å². The Morgan fingerprint density at radius 2 is 0.649 bits per heavy atom. The number of likely N-dealkylation sites (tertiary alicyclic amines) is 4. The van der Waals surface area contributed by atoms with Gasteiger partial charge in [-0.3, -0.25) is 38.8 Å². The number of phenols is 1. The molecule has 4 heterocycles. The van der Waals surface area contributed by atoms with Gasteiger partial charge in [0.25, 0.3) is 0 Å². The molecule has 4 fully saturated rings. The summed E-state index contributed by atoms with van der Waals surface area (Å²) in [5.74, 6) is -3.25. The van der Waals surface area contributed by atoms with E-state index >= 15 is 19.2 Å². The minimum Gasteiger partial charge on any atom is -0.507 e. The van der Waals surface area contributed by atoms with Crippen LogP contribution in [0.2, 0.25) is 0 Å². The highest BCUT2D eigenvalue weighted by Crippen LogP contribution is 2.51. The molecule has 0 unspecified atom stereocenters. The van der Waals surface area contributed by atoms with Crippen molar-refractivity contribution in [3.63, 3.8) is 0 Å². The van der Waals surface area contributed by atoms with Crippen molar-refractivity contribution in [2.45, 2.75) is 309 Å². The summed E-state index contributed by atoms with van der Waals surface area (Å²) in [6, 6.07) is 3.75. The van der Waals surface area contributed by atoms with Crippen molar-refractivity contribution in [2.75, 3.05) is 28.2 Å². The number of rotatable bonds is 13. The number of carbonyl (C=O) groups is 4. The Kier molecular flexibility index (Phi) is 17.5. The summed E-state index contributed by atoms with van der Waals surface area (Å²) < 4.78 is 27.4. The van der Waals surface area contributed by atoms with Gasteiger partial charge < -0.3 is 24.1 Å². The fraction of sp³-hybridized carbons (Fsp3) is 0.844. The van der Waals surface area contributed by atoms with Crippen LogP contribution in [0.1, 0.15) is 240 Å². The van der Waals surface area contributed by atoms with Crippen LogP contribution in [0.4, 0.5) is 0 Å². The molecule has 4 aliphatic rings. The van der Waals surface area contributed by atoms with Crippen LogP contribution in [0.3, 0.4) is 0 Å². The number of aromatic hydroxyl groups is 1. The molecule has 1 N–H and O–H groups in total. The highest BCUT2D eigenvalue weighted by atomic mass is 16.6. The van der Waals surface area contributed by atoms with Crippen LogP contribution >= 0.6 is 0 Å². The number of piperidine rings is 4. The zero-order chi connectivity index (χ0) is 59.3. The lowest BCUT2D eigenvalue weighted by molar-refractivity contribution is -0.198. The van der Waals surface area contributed by atoms with E-state index in [0.717, 1.165) is 0 Å². The molecule has 0 bridgehead atoms. The zero-order valence-electron chi connectivity index (χ0n) is 53.7. The molecular formula is C64H110N4O9. The maximum Gasteiger partial charge on any atom is 0.324 e. The van der Waals surface area contributed by atoms with Gasteiger partial charge in [0.2, 0.25) is 0 Å². The summed E-state index contributed by atoms with van der Waals surface area (Å²) >= 11 is 0. The van der Waals surface area contributed by atoms with Gasteiger partial charge in [0, 0.05) is 102 Å². The summed E-state index contributed by atoms with van der Waals surface area (Å²) in [4.78, 5) is 74.7. The lowest BCUT2D eigenvalue weighted by Crippen LogP contribution is -2.63. The van der Waals surface area contributed by atoms with Crippen molar-refractivity contribution in [1.29, 1.82) is 0 Å². The number of hydrogen-bond acceptors (Lipinski definition) is 13. The molecule has 440 valence electrons. The molecule has 4 aliphatic heterocycles. The summed E-state index contributed by atoms with van der Waals surface area (Å²) in [5, 5.41) is 12.1. The molecule has 0 amide bonds. The van der Waals surface area contributed by atoms with Crippen molar-refractivity contribution in [3.05, 3.63) is 28.8 Å². The normalized spacial score (nSPS) is 24.7. The maximum absolute atomic E-state index is 16.6. The number of nitrogens with zero attached hydrogens (tertiary/aromatic N) is 4. The number of esters is 4. The van der Waals surface area contributed by atoms with Gasteiger partial charge in [-0.05, 0) is 179 Å². The molecule has 0 saturated carbocycles. The Bertz CT molecular complexity index is 2140. The first-order chi connectivity index (χ1) is 34.4. The monoisotopic (exact) mass is 1080 g/mol. The SMILES string of the molecule is CCC(CC(Cc1cc(C(C)(C)C)c(O)c(C(C)(C)C)c1)(C(=O)OC1CC(C)(C)N(C)C(C)(C)C1)C(=O)OC1CC(C)(C)N(C)C(C)(C)C1)(C(=O)OC1CC(C)(C)N(C)C(C)(C)C1)C(=O)OC1CC(C)(C)N(C)C(C)(C)C1. The number of phenolic OH excluding ortho intramolecular Hbond substituents is 1. The van der Waals surface area contributed by atoms with Gasteiger partial charge in [-0.25, -0.2) is 0 Å². The smallest absolute Gasteiger partial charge is 0.324 e. The minimum atomic E-state index is -2.33. The Morgan fingerprint density at radius 3 is 0.844 bits per heavy atom. The predicted octanol–water partition coefficient (Wildman–Crippen LogP) is 12.1. The molecule has 0 atom stereocenters. The van der Waals surface area contributed by atoms with Crippen molar-refractivity contribution in [1.82, 2.24) is 19.6 Å². The van der Waals surface area contributed by atoms with Crippen molar-refractivity contribution in [2.24, 2.45) is 10.8 Å². The van der Waals surface area contributed by atoms with Crippen LogP contribution in [0.5, 0.6) is 5.75 Å². The van der Waals surface area contributed by atoms with Gasteiger partial charge in [0.1, 0.15) is 30.2 Å². The maximum atomic E-state index is 16.6. The third-order valence-corrected chi connectivity index (χ3v) is 20.2. The van der Waals surface area contributed by atoms with Crippen LogP contribution in [0, 0.1) is 10.8 Å². The van der Waals surface area contributed by atoms with Crippen molar-refractivity contribution < 1.29 is 43.2 Å². The fourth-order valence-corrected chi connectivity index (χ4v) is 14.4. The molecule has 0 radical (unpaired) electrons. The largest absolute Gasteiger partial charge is 0.507 e. The Balaban J connectivity index is 1.87. The van der Waals surface area contributed by atoms with Gasteiger partial charge in [0.05, 0.1) is 0 Å². The number of hydrogen-bond donors (Lipinski definition) is 1. The number of carbonyl (C=O) groups excluding carboxylic acids is 4. The van der Waals surface area contributed by atoms with E-state index < -0.39 is 98.5 Å². The van der Waals surface area contributed by atoms with Gasteiger partial charge in [-0.1, -0.05) is 60.6 Å². The molecule has 1 aromatic carbocycles. The number of ether oxygens (including phenoxy) is 4. The first-order valence-corrected chi connectivity index (χ1v) is 29.1. The molecule has 13 nitrogen and oxygen atoms in total. The second-order valence-corrected chi connectivity index (χ2v) is 31.9. The molecule has 13 heteroatoms. The van der Waals surface area contributed by atoms with Crippen molar-refractivity contribution in [3.8, 4) is 5.75 Å². The van der Waals surface area contributed by atoms with Crippen LogP contribution < -0.4 is 0 Å². The third kappa shape index (κ3) is 13.1. The topological polar surface area (TPSA) is 138 Å². The lowest BCUT2D eigenvalue weighted by atomic mass is 9.65. The minimum absolute atomic E-state index is 0.138.